The standard InChI is InChI=1S/C19H16F3NO2S.C2H6/c20-19(21,22)15-3-1-2-13(9-15)17-10-14-8-12(4-5-16(14)26-17)11-23-7-6-18(24)25;1-2/h1-5,8-10,23H,6-7,11H2,(H,24,25);1-2H3. The van der Waals surface area contributed by atoms with Gasteiger partial charge in [0.2, 0.25) is 0 Å². The Bertz CT molecular complexity index is 935. The van der Waals surface area contributed by atoms with E-state index in [1.54, 1.807) is 6.07 Å². The van der Waals surface area contributed by atoms with Crippen LogP contribution in [-0.4, -0.2) is 17.6 Å². The predicted octanol–water partition coefficient (Wildman–Crippen LogP) is 6.18. The van der Waals surface area contributed by atoms with Gasteiger partial charge in [0, 0.05) is 22.7 Å². The van der Waals surface area contributed by atoms with Crippen LogP contribution in [0.1, 0.15) is 31.4 Å². The number of halogens is 3. The molecule has 0 saturated carbocycles. The summed E-state index contributed by atoms with van der Waals surface area (Å²) in [5, 5.41) is 12.6. The van der Waals surface area contributed by atoms with Crippen molar-refractivity contribution in [2.24, 2.45) is 0 Å². The lowest BCUT2D eigenvalue weighted by molar-refractivity contribution is -0.138. The SMILES string of the molecule is CC.O=C(O)CCNCc1ccc2sc(-c3cccc(C(F)(F)F)c3)cc2c1. The first kappa shape index (κ1) is 21.9. The first-order valence-corrected chi connectivity index (χ1v) is 9.77. The van der Waals surface area contributed by atoms with Crippen LogP contribution in [-0.2, 0) is 17.5 Å². The molecule has 0 aliphatic heterocycles. The van der Waals surface area contributed by atoms with Gasteiger partial charge in [-0.2, -0.15) is 13.2 Å². The van der Waals surface area contributed by atoms with Gasteiger partial charge in [-0.15, -0.1) is 11.3 Å². The van der Waals surface area contributed by atoms with Gasteiger partial charge < -0.3 is 10.4 Å². The molecule has 2 N–H and O–H groups in total. The zero-order valence-electron chi connectivity index (χ0n) is 15.6. The Hall–Kier alpha value is -2.38. The van der Waals surface area contributed by atoms with Crippen LogP contribution >= 0.6 is 11.3 Å². The van der Waals surface area contributed by atoms with Crippen molar-refractivity contribution in [3.63, 3.8) is 0 Å². The minimum atomic E-state index is -4.36. The van der Waals surface area contributed by atoms with Gasteiger partial charge in [0.15, 0.2) is 0 Å². The number of aliphatic carboxylic acids is 1. The van der Waals surface area contributed by atoms with Crippen molar-refractivity contribution >= 4 is 27.4 Å². The molecule has 1 heterocycles. The Balaban J connectivity index is 0.00000136. The zero-order chi connectivity index (χ0) is 20.7. The van der Waals surface area contributed by atoms with Crippen LogP contribution in [0.5, 0.6) is 0 Å². The average molecular weight is 409 g/mol. The highest BCUT2D eigenvalue weighted by Gasteiger charge is 2.30. The van der Waals surface area contributed by atoms with Crippen molar-refractivity contribution in [3.8, 4) is 10.4 Å². The number of carbonyl (C=O) groups is 1. The molecule has 0 radical (unpaired) electrons. The number of hydrogen-bond acceptors (Lipinski definition) is 3. The Morgan fingerprint density at radius 1 is 1.11 bits per heavy atom. The van der Waals surface area contributed by atoms with Crippen molar-refractivity contribution in [2.45, 2.75) is 33.0 Å². The van der Waals surface area contributed by atoms with Gasteiger partial charge in [0.1, 0.15) is 0 Å². The molecule has 1 aromatic heterocycles. The van der Waals surface area contributed by atoms with Crippen molar-refractivity contribution in [1.82, 2.24) is 5.32 Å². The molecule has 0 atom stereocenters. The van der Waals surface area contributed by atoms with Crippen molar-refractivity contribution in [3.05, 3.63) is 59.7 Å². The highest BCUT2D eigenvalue weighted by atomic mass is 32.1. The van der Waals surface area contributed by atoms with E-state index in [1.807, 2.05) is 38.1 Å². The molecule has 0 fully saturated rings. The summed E-state index contributed by atoms with van der Waals surface area (Å²) in [6.45, 7) is 4.92. The van der Waals surface area contributed by atoms with Crippen molar-refractivity contribution < 1.29 is 23.1 Å². The van der Waals surface area contributed by atoms with Crippen LogP contribution in [0.25, 0.3) is 20.5 Å². The number of nitrogens with one attached hydrogen (secondary N) is 1. The smallest absolute Gasteiger partial charge is 0.416 e. The van der Waals surface area contributed by atoms with Crippen LogP contribution in [0.3, 0.4) is 0 Å². The minimum Gasteiger partial charge on any atom is -0.481 e. The lowest BCUT2D eigenvalue weighted by Gasteiger charge is -2.07. The van der Waals surface area contributed by atoms with Crippen LogP contribution in [0, 0.1) is 0 Å². The molecule has 0 amide bonds. The largest absolute Gasteiger partial charge is 0.481 e. The Morgan fingerprint density at radius 3 is 2.54 bits per heavy atom. The number of carboxylic acid groups (broad SMARTS) is 1. The van der Waals surface area contributed by atoms with Crippen LogP contribution < -0.4 is 5.32 Å². The molecule has 3 nitrogen and oxygen atoms in total. The van der Waals surface area contributed by atoms with E-state index in [0.29, 0.717) is 18.7 Å². The highest BCUT2D eigenvalue weighted by Crippen LogP contribution is 2.37. The molecule has 0 unspecified atom stereocenters. The molecule has 0 bridgehead atoms. The fraction of sp³-hybridized carbons (Fsp3) is 0.286. The maximum Gasteiger partial charge on any atom is 0.416 e. The first-order chi connectivity index (χ1) is 13.3. The van der Waals surface area contributed by atoms with Gasteiger partial charge in [-0.3, -0.25) is 4.79 Å². The Kier molecular flexibility index (Phi) is 7.60. The van der Waals surface area contributed by atoms with E-state index in [0.717, 1.165) is 26.6 Å². The van der Waals surface area contributed by atoms with Crippen molar-refractivity contribution in [2.75, 3.05) is 6.54 Å². The molecule has 2 aromatic carbocycles. The molecule has 7 heteroatoms. The molecule has 3 rings (SSSR count). The molecule has 28 heavy (non-hydrogen) atoms. The summed E-state index contributed by atoms with van der Waals surface area (Å²) >= 11 is 1.45. The summed E-state index contributed by atoms with van der Waals surface area (Å²) in [5.41, 5.74) is 0.884. The van der Waals surface area contributed by atoms with Gasteiger partial charge in [-0.1, -0.05) is 32.0 Å². The van der Waals surface area contributed by atoms with Crippen molar-refractivity contribution in [1.29, 1.82) is 0 Å². The lowest BCUT2D eigenvalue weighted by Crippen LogP contribution is -2.17. The van der Waals surface area contributed by atoms with Gasteiger partial charge in [0.05, 0.1) is 12.0 Å². The van der Waals surface area contributed by atoms with Gasteiger partial charge >= 0.3 is 12.1 Å². The maximum atomic E-state index is 12.9. The number of hydrogen-bond donors (Lipinski definition) is 2. The van der Waals surface area contributed by atoms with E-state index in [1.165, 1.54) is 23.5 Å². The Labute approximate surface area is 165 Å². The average Bonchev–Trinajstić information content (AvgIpc) is 3.09. The second-order valence-electron chi connectivity index (χ2n) is 5.88. The summed E-state index contributed by atoms with van der Waals surface area (Å²) < 4.78 is 39.7. The summed E-state index contributed by atoms with van der Waals surface area (Å²) in [4.78, 5) is 11.3. The number of thiophene rings is 1. The van der Waals surface area contributed by atoms with Crippen LogP contribution in [0.2, 0.25) is 0 Å². The zero-order valence-corrected chi connectivity index (χ0v) is 16.5. The maximum absolute atomic E-state index is 12.9. The third kappa shape index (κ3) is 5.81. The summed E-state index contributed by atoms with van der Waals surface area (Å²) in [6, 6.07) is 13.0. The van der Waals surface area contributed by atoms with E-state index in [-0.39, 0.29) is 6.42 Å². The second kappa shape index (κ2) is 9.71. The molecule has 150 valence electrons. The van der Waals surface area contributed by atoms with Gasteiger partial charge in [-0.25, -0.2) is 0 Å². The van der Waals surface area contributed by atoms with E-state index < -0.39 is 17.7 Å². The topological polar surface area (TPSA) is 49.3 Å². The minimum absolute atomic E-state index is 0.0559. The van der Waals surface area contributed by atoms with Gasteiger partial charge in [-0.05, 0) is 46.8 Å². The fourth-order valence-electron chi connectivity index (χ4n) is 2.62. The third-order valence-corrected chi connectivity index (χ3v) is 5.07. The first-order valence-electron chi connectivity index (χ1n) is 8.95. The summed E-state index contributed by atoms with van der Waals surface area (Å²) in [6.07, 6.45) is -4.30. The molecule has 0 aliphatic rings. The van der Waals surface area contributed by atoms with E-state index in [9.17, 15) is 18.0 Å². The van der Waals surface area contributed by atoms with Crippen LogP contribution in [0.15, 0.2) is 48.5 Å². The third-order valence-electron chi connectivity index (χ3n) is 3.90. The lowest BCUT2D eigenvalue weighted by atomic mass is 10.1. The number of benzene rings is 2. The van der Waals surface area contributed by atoms with E-state index >= 15 is 0 Å². The highest BCUT2D eigenvalue weighted by molar-refractivity contribution is 7.22. The monoisotopic (exact) mass is 409 g/mol. The number of carboxylic acids is 1. The molecule has 0 saturated heterocycles. The number of alkyl halides is 3. The fourth-order valence-corrected chi connectivity index (χ4v) is 3.66. The molecular weight excluding hydrogens is 387 g/mol. The molecular formula is C21H22F3NO2S. The number of rotatable bonds is 6. The molecule has 3 aromatic rings. The number of fused-ring (bicyclic) bond motifs is 1. The molecule has 0 spiro atoms. The molecule has 0 aliphatic carbocycles. The Morgan fingerprint density at radius 2 is 1.86 bits per heavy atom. The summed E-state index contributed by atoms with van der Waals surface area (Å²) in [7, 11) is 0. The normalized spacial score (nSPS) is 11.2. The second-order valence-corrected chi connectivity index (χ2v) is 6.97. The quantitative estimate of drug-likeness (QED) is 0.478. The predicted molar refractivity (Wildman–Crippen MR) is 108 cm³/mol. The van der Waals surface area contributed by atoms with E-state index in [4.69, 9.17) is 5.11 Å². The summed E-state index contributed by atoms with van der Waals surface area (Å²) in [5.74, 6) is -0.850. The van der Waals surface area contributed by atoms with E-state index in [2.05, 4.69) is 5.32 Å². The van der Waals surface area contributed by atoms with Gasteiger partial charge in [0.25, 0.3) is 0 Å². The van der Waals surface area contributed by atoms with Crippen LogP contribution in [0.4, 0.5) is 13.2 Å².